The number of hydrogen-bond acceptors (Lipinski definition) is 4. The minimum absolute atomic E-state index is 0.0307. The first-order valence-corrected chi connectivity index (χ1v) is 9.33. The van der Waals surface area contributed by atoms with Crippen molar-refractivity contribution in [3.8, 4) is 0 Å². The number of aryl methyl sites for hydroxylation is 1. The Morgan fingerprint density at radius 1 is 1.04 bits per heavy atom. The summed E-state index contributed by atoms with van der Waals surface area (Å²) in [7, 11) is 0. The zero-order valence-corrected chi connectivity index (χ0v) is 15.7. The number of hydrazine groups is 1. The highest BCUT2D eigenvalue weighted by atomic mass is 35.5. The summed E-state index contributed by atoms with van der Waals surface area (Å²) in [5.41, 5.74) is 7.34. The van der Waals surface area contributed by atoms with Crippen molar-refractivity contribution in [1.29, 1.82) is 0 Å². The van der Waals surface area contributed by atoms with Crippen LogP contribution in [0.25, 0.3) is 0 Å². The summed E-state index contributed by atoms with van der Waals surface area (Å²) >= 11 is 11.6. The van der Waals surface area contributed by atoms with Crippen LogP contribution in [0.1, 0.15) is 24.8 Å². The van der Waals surface area contributed by atoms with Gasteiger partial charge in [0.15, 0.2) is 0 Å². The Kier molecular flexibility index (Phi) is 11.0. The molecule has 140 valence electrons. The van der Waals surface area contributed by atoms with Crippen molar-refractivity contribution in [3.63, 3.8) is 0 Å². The predicted octanol–water partition coefficient (Wildman–Crippen LogP) is 2.39. The Balaban J connectivity index is 2.31. The lowest BCUT2D eigenvalue weighted by Gasteiger charge is -2.23. The zero-order valence-electron chi connectivity index (χ0n) is 14.1. The standard InChI is InChI=1S/C17H25Cl2N3O3/c18-9-12-22(13-10-19)15-6-4-14(5-7-15)2-1-3-16(23)21-20-11-8-17(24)25/h4-7,20H,1-3,8-13H2,(H,21,23)(H,24,25). The van der Waals surface area contributed by atoms with Gasteiger partial charge in [-0.15, -0.1) is 23.2 Å². The largest absolute Gasteiger partial charge is 0.481 e. The van der Waals surface area contributed by atoms with E-state index in [0.29, 0.717) is 18.2 Å². The van der Waals surface area contributed by atoms with Crippen molar-refractivity contribution < 1.29 is 14.7 Å². The molecule has 0 aromatic heterocycles. The molecule has 8 heteroatoms. The van der Waals surface area contributed by atoms with E-state index < -0.39 is 5.97 Å². The van der Waals surface area contributed by atoms with E-state index in [-0.39, 0.29) is 18.9 Å². The van der Waals surface area contributed by atoms with Crippen LogP contribution in [0, 0.1) is 0 Å². The number of halogens is 2. The number of hydrogen-bond donors (Lipinski definition) is 3. The molecule has 0 unspecified atom stereocenters. The molecule has 0 radical (unpaired) electrons. The number of carbonyl (C=O) groups is 2. The van der Waals surface area contributed by atoms with Gasteiger partial charge in [-0.2, -0.15) is 0 Å². The molecule has 0 bridgehead atoms. The minimum Gasteiger partial charge on any atom is -0.481 e. The average molecular weight is 390 g/mol. The van der Waals surface area contributed by atoms with Gasteiger partial charge >= 0.3 is 5.97 Å². The van der Waals surface area contributed by atoms with Crippen LogP contribution in [0.4, 0.5) is 5.69 Å². The maximum Gasteiger partial charge on any atom is 0.304 e. The van der Waals surface area contributed by atoms with Crippen LogP contribution >= 0.6 is 23.2 Å². The van der Waals surface area contributed by atoms with Gasteiger partial charge in [0, 0.05) is 43.5 Å². The molecular weight excluding hydrogens is 365 g/mol. The number of carboxylic acids is 1. The van der Waals surface area contributed by atoms with Gasteiger partial charge < -0.3 is 10.0 Å². The van der Waals surface area contributed by atoms with Crippen molar-refractivity contribution in [2.75, 3.05) is 36.3 Å². The van der Waals surface area contributed by atoms with Crippen molar-refractivity contribution in [2.24, 2.45) is 0 Å². The molecule has 25 heavy (non-hydrogen) atoms. The molecule has 6 nitrogen and oxygen atoms in total. The average Bonchev–Trinajstić information content (AvgIpc) is 2.59. The molecule has 1 rings (SSSR count). The summed E-state index contributed by atoms with van der Waals surface area (Å²) in [5, 5.41) is 8.49. The Morgan fingerprint density at radius 3 is 2.24 bits per heavy atom. The van der Waals surface area contributed by atoms with Gasteiger partial charge in [-0.3, -0.25) is 15.0 Å². The second kappa shape index (κ2) is 12.8. The third kappa shape index (κ3) is 9.53. The van der Waals surface area contributed by atoms with E-state index in [9.17, 15) is 9.59 Å². The lowest BCUT2D eigenvalue weighted by Crippen LogP contribution is -2.38. The number of carbonyl (C=O) groups excluding carboxylic acids is 1. The first-order valence-electron chi connectivity index (χ1n) is 8.26. The molecule has 1 aromatic carbocycles. The van der Waals surface area contributed by atoms with E-state index in [1.165, 1.54) is 0 Å². The molecular formula is C17H25Cl2N3O3. The second-order valence-corrected chi connectivity index (χ2v) is 6.26. The number of nitrogens with zero attached hydrogens (tertiary/aromatic N) is 1. The van der Waals surface area contributed by atoms with Crippen LogP contribution in [0.5, 0.6) is 0 Å². The quantitative estimate of drug-likeness (QED) is 0.274. The Morgan fingerprint density at radius 2 is 1.68 bits per heavy atom. The number of carboxylic acid groups (broad SMARTS) is 1. The molecule has 0 spiro atoms. The first-order chi connectivity index (χ1) is 12.1. The first kappa shape index (κ1) is 21.5. The number of anilines is 1. The van der Waals surface area contributed by atoms with Gasteiger partial charge in [0.1, 0.15) is 0 Å². The second-order valence-electron chi connectivity index (χ2n) is 5.50. The molecule has 0 aliphatic carbocycles. The summed E-state index contributed by atoms with van der Waals surface area (Å²) in [6.07, 6.45) is 1.87. The Bertz CT molecular complexity index is 520. The topological polar surface area (TPSA) is 81.7 Å². The fourth-order valence-electron chi connectivity index (χ4n) is 2.29. The van der Waals surface area contributed by atoms with E-state index in [1.54, 1.807) is 0 Å². The van der Waals surface area contributed by atoms with E-state index in [2.05, 4.69) is 15.8 Å². The Labute approximate surface area is 158 Å². The molecule has 0 atom stereocenters. The molecule has 1 aromatic rings. The predicted molar refractivity (Wildman–Crippen MR) is 101 cm³/mol. The van der Waals surface area contributed by atoms with Crippen LogP contribution in [-0.2, 0) is 16.0 Å². The fourth-order valence-corrected chi connectivity index (χ4v) is 2.70. The summed E-state index contributed by atoms with van der Waals surface area (Å²) in [6.45, 7) is 1.72. The lowest BCUT2D eigenvalue weighted by atomic mass is 10.1. The fraction of sp³-hybridized carbons (Fsp3) is 0.529. The van der Waals surface area contributed by atoms with Gasteiger partial charge in [0.05, 0.1) is 6.42 Å². The summed E-state index contributed by atoms with van der Waals surface area (Å²) in [4.78, 5) is 24.1. The van der Waals surface area contributed by atoms with Crippen LogP contribution in [-0.4, -0.2) is 48.4 Å². The highest BCUT2D eigenvalue weighted by Crippen LogP contribution is 2.16. The monoisotopic (exact) mass is 389 g/mol. The van der Waals surface area contributed by atoms with Crippen LogP contribution in [0.3, 0.4) is 0 Å². The van der Waals surface area contributed by atoms with Gasteiger partial charge in [-0.1, -0.05) is 12.1 Å². The lowest BCUT2D eigenvalue weighted by molar-refractivity contribution is -0.137. The highest BCUT2D eigenvalue weighted by molar-refractivity contribution is 6.18. The maximum absolute atomic E-state index is 11.6. The number of amides is 1. The number of aliphatic carboxylic acids is 1. The van der Waals surface area contributed by atoms with Crippen molar-refractivity contribution in [3.05, 3.63) is 29.8 Å². The molecule has 0 fully saturated rings. The van der Waals surface area contributed by atoms with Crippen LogP contribution < -0.4 is 15.8 Å². The van der Waals surface area contributed by atoms with Crippen molar-refractivity contribution >= 4 is 40.8 Å². The van der Waals surface area contributed by atoms with Crippen molar-refractivity contribution in [1.82, 2.24) is 10.9 Å². The normalized spacial score (nSPS) is 10.5. The van der Waals surface area contributed by atoms with Gasteiger partial charge in [-0.25, -0.2) is 5.43 Å². The van der Waals surface area contributed by atoms with E-state index in [4.69, 9.17) is 28.3 Å². The number of benzene rings is 1. The number of rotatable bonds is 13. The maximum atomic E-state index is 11.6. The molecule has 0 aliphatic heterocycles. The van der Waals surface area contributed by atoms with Crippen molar-refractivity contribution in [2.45, 2.75) is 25.7 Å². The summed E-state index contributed by atoms with van der Waals surface area (Å²) in [6, 6.07) is 8.19. The van der Waals surface area contributed by atoms with Gasteiger partial charge in [0.2, 0.25) is 5.91 Å². The van der Waals surface area contributed by atoms with Gasteiger partial charge in [-0.05, 0) is 30.5 Å². The third-order valence-corrected chi connectivity index (χ3v) is 3.91. The number of alkyl halides is 2. The van der Waals surface area contributed by atoms with E-state index >= 15 is 0 Å². The molecule has 0 saturated carbocycles. The van der Waals surface area contributed by atoms with Crippen LogP contribution in [0.15, 0.2) is 24.3 Å². The SMILES string of the molecule is O=C(O)CCNNC(=O)CCCc1ccc(N(CCCl)CCCl)cc1. The summed E-state index contributed by atoms with van der Waals surface area (Å²) in [5.74, 6) is 0.0564. The smallest absolute Gasteiger partial charge is 0.304 e. The zero-order chi connectivity index (χ0) is 18.5. The molecule has 0 heterocycles. The summed E-state index contributed by atoms with van der Waals surface area (Å²) < 4.78 is 0. The van der Waals surface area contributed by atoms with E-state index in [1.807, 2.05) is 24.3 Å². The van der Waals surface area contributed by atoms with Gasteiger partial charge in [0.25, 0.3) is 0 Å². The highest BCUT2D eigenvalue weighted by Gasteiger charge is 2.06. The Hall–Kier alpha value is -1.50. The van der Waals surface area contributed by atoms with E-state index in [0.717, 1.165) is 37.2 Å². The number of nitrogens with one attached hydrogen (secondary N) is 2. The molecule has 0 saturated heterocycles. The van der Waals surface area contributed by atoms with Crippen LogP contribution in [0.2, 0.25) is 0 Å². The third-order valence-electron chi connectivity index (χ3n) is 3.57. The molecule has 0 aliphatic rings. The minimum atomic E-state index is -0.902. The molecule has 3 N–H and O–H groups in total. The molecule has 1 amide bonds.